The lowest BCUT2D eigenvalue weighted by molar-refractivity contribution is 0.335. The molecule has 0 fully saturated rings. The van der Waals surface area contributed by atoms with Gasteiger partial charge in [-0.1, -0.05) is 0 Å². The maximum absolute atomic E-state index is 11.4. The third kappa shape index (κ3) is 2.21. The molecule has 0 aliphatic carbocycles. The van der Waals surface area contributed by atoms with Crippen LogP contribution in [-0.2, 0) is 0 Å². The quantitative estimate of drug-likeness (QED) is 0.868. The predicted molar refractivity (Wildman–Crippen MR) is 67.7 cm³/mol. The van der Waals surface area contributed by atoms with Crippen LogP contribution in [0, 0.1) is 0 Å². The molecule has 88 valence electrons. The second-order valence-corrected chi connectivity index (χ2v) is 4.23. The largest absolute Gasteiger partial charge is 0.488 e. The summed E-state index contributed by atoms with van der Waals surface area (Å²) in [6, 6.07) is 1.75. The molecule has 1 aromatic carbocycles. The van der Waals surface area contributed by atoms with Crippen molar-refractivity contribution in [3.8, 4) is 5.75 Å². The Morgan fingerprint density at radius 2 is 2.12 bits per heavy atom. The lowest BCUT2D eigenvalue weighted by atomic mass is 10.2. The van der Waals surface area contributed by atoms with Crippen LogP contribution >= 0.6 is 15.9 Å². The minimum atomic E-state index is -0.586. The standard InChI is InChI=1S/C11H9BrN2O3/c1-2-17-11-8(9(15)10(11)16)14-7-3-6(12)4-13-5-7/h3-5,14H,2H2,1H3. The molecule has 0 atom stereocenters. The molecule has 0 bridgehead atoms. The maximum atomic E-state index is 11.4. The van der Waals surface area contributed by atoms with E-state index in [1.807, 2.05) is 0 Å². The first-order valence-corrected chi connectivity index (χ1v) is 5.76. The molecular formula is C11H9BrN2O3. The zero-order chi connectivity index (χ0) is 12.4. The highest BCUT2D eigenvalue weighted by atomic mass is 79.9. The van der Waals surface area contributed by atoms with E-state index < -0.39 is 10.9 Å². The number of pyridine rings is 1. The van der Waals surface area contributed by atoms with Crippen molar-refractivity contribution < 1.29 is 4.74 Å². The lowest BCUT2D eigenvalue weighted by Crippen LogP contribution is -2.35. The number of nitrogens with one attached hydrogen (secondary N) is 1. The second kappa shape index (κ2) is 4.67. The first kappa shape index (κ1) is 11.8. The predicted octanol–water partition coefficient (Wildman–Crippen LogP) is 1.58. The normalized spacial score (nSPS) is 10.5. The van der Waals surface area contributed by atoms with E-state index in [1.165, 1.54) is 0 Å². The number of rotatable bonds is 4. The van der Waals surface area contributed by atoms with Gasteiger partial charge in [-0.15, -0.1) is 0 Å². The minimum Gasteiger partial charge on any atom is -0.488 e. The molecule has 2 rings (SSSR count). The molecule has 0 aliphatic heterocycles. The van der Waals surface area contributed by atoms with Crippen LogP contribution < -0.4 is 20.9 Å². The molecule has 0 unspecified atom stereocenters. The smallest absolute Gasteiger partial charge is 0.272 e. The summed E-state index contributed by atoms with van der Waals surface area (Å²) in [4.78, 5) is 26.5. The van der Waals surface area contributed by atoms with Gasteiger partial charge in [0, 0.05) is 10.7 Å². The summed E-state index contributed by atoms with van der Waals surface area (Å²) in [5.41, 5.74) is -0.338. The molecule has 1 N–H and O–H groups in total. The van der Waals surface area contributed by atoms with Crippen molar-refractivity contribution in [1.29, 1.82) is 0 Å². The van der Waals surface area contributed by atoms with E-state index in [0.29, 0.717) is 12.3 Å². The minimum absolute atomic E-state index is 0.0949. The van der Waals surface area contributed by atoms with Crippen LogP contribution in [0.25, 0.3) is 0 Å². The topological polar surface area (TPSA) is 68.3 Å². The molecule has 5 nitrogen and oxygen atoms in total. The van der Waals surface area contributed by atoms with E-state index in [-0.39, 0.29) is 11.4 Å². The third-order valence-electron chi connectivity index (χ3n) is 2.13. The van der Waals surface area contributed by atoms with Gasteiger partial charge in [0.1, 0.15) is 5.69 Å². The summed E-state index contributed by atoms with van der Waals surface area (Å²) in [5.74, 6) is 0.0949. The highest BCUT2D eigenvalue weighted by molar-refractivity contribution is 9.10. The average Bonchev–Trinajstić information content (AvgIpc) is 2.33. The Kier molecular flexibility index (Phi) is 3.23. The summed E-state index contributed by atoms with van der Waals surface area (Å²) in [7, 11) is 0. The Labute approximate surface area is 105 Å². The van der Waals surface area contributed by atoms with Gasteiger partial charge in [0.05, 0.1) is 18.5 Å². The zero-order valence-electron chi connectivity index (χ0n) is 8.99. The third-order valence-corrected chi connectivity index (χ3v) is 2.56. The number of aromatic nitrogens is 1. The lowest BCUT2D eigenvalue weighted by Gasteiger charge is -2.12. The Hall–Kier alpha value is -1.69. The van der Waals surface area contributed by atoms with Crippen molar-refractivity contribution >= 4 is 27.3 Å². The van der Waals surface area contributed by atoms with Crippen LogP contribution in [0.3, 0.4) is 0 Å². The Bertz CT molecular complexity index is 617. The second-order valence-electron chi connectivity index (χ2n) is 3.31. The molecular weight excluding hydrogens is 288 g/mol. The fourth-order valence-electron chi connectivity index (χ4n) is 1.39. The molecule has 6 heteroatoms. The highest BCUT2D eigenvalue weighted by Crippen LogP contribution is 2.23. The van der Waals surface area contributed by atoms with Gasteiger partial charge >= 0.3 is 0 Å². The van der Waals surface area contributed by atoms with E-state index in [4.69, 9.17) is 4.74 Å². The first-order chi connectivity index (χ1) is 8.13. The molecule has 17 heavy (non-hydrogen) atoms. The first-order valence-electron chi connectivity index (χ1n) is 4.97. The van der Waals surface area contributed by atoms with E-state index >= 15 is 0 Å². The monoisotopic (exact) mass is 296 g/mol. The van der Waals surface area contributed by atoms with Gasteiger partial charge in [-0.25, -0.2) is 0 Å². The molecule has 2 aromatic rings. The average molecular weight is 297 g/mol. The maximum Gasteiger partial charge on any atom is 0.272 e. The fraction of sp³-hybridized carbons (Fsp3) is 0.182. The summed E-state index contributed by atoms with van der Waals surface area (Å²) in [6.07, 6.45) is 3.17. The number of hydrogen-bond acceptors (Lipinski definition) is 5. The van der Waals surface area contributed by atoms with Gasteiger partial charge in [-0.3, -0.25) is 14.6 Å². The number of ether oxygens (including phenoxy) is 1. The van der Waals surface area contributed by atoms with Crippen molar-refractivity contribution in [3.05, 3.63) is 43.4 Å². The molecule has 0 radical (unpaired) electrons. The Morgan fingerprint density at radius 1 is 1.35 bits per heavy atom. The van der Waals surface area contributed by atoms with Crippen molar-refractivity contribution in [1.82, 2.24) is 4.98 Å². The van der Waals surface area contributed by atoms with Gasteiger partial charge in [0.15, 0.2) is 5.75 Å². The van der Waals surface area contributed by atoms with Crippen molar-refractivity contribution in [3.63, 3.8) is 0 Å². The van der Waals surface area contributed by atoms with Gasteiger partial charge in [-0.2, -0.15) is 0 Å². The summed E-state index contributed by atoms with van der Waals surface area (Å²) in [5, 5.41) is 2.83. The van der Waals surface area contributed by atoms with Crippen molar-refractivity contribution in [2.24, 2.45) is 0 Å². The van der Waals surface area contributed by atoms with Crippen LogP contribution in [0.2, 0.25) is 0 Å². The van der Waals surface area contributed by atoms with Crippen molar-refractivity contribution in [2.45, 2.75) is 6.92 Å². The fourth-order valence-corrected chi connectivity index (χ4v) is 1.76. The van der Waals surface area contributed by atoms with Crippen LogP contribution in [0.15, 0.2) is 32.5 Å². The van der Waals surface area contributed by atoms with Gasteiger partial charge < -0.3 is 10.1 Å². The summed E-state index contributed by atoms with van der Waals surface area (Å²) >= 11 is 3.26. The van der Waals surface area contributed by atoms with Crippen LogP contribution in [0.5, 0.6) is 5.75 Å². The Balaban J connectivity index is 2.28. The summed E-state index contributed by atoms with van der Waals surface area (Å²) in [6.45, 7) is 2.09. The molecule has 1 aromatic heterocycles. The van der Waals surface area contributed by atoms with Crippen LogP contribution in [0.4, 0.5) is 11.4 Å². The molecule has 0 saturated heterocycles. The van der Waals surface area contributed by atoms with Gasteiger partial charge in [-0.05, 0) is 28.9 Å². The number of hydrogen-bond donors (Lipinski definition) is 1. The van der Waals surface area contributed by atoms with E-state index in [9.17, 15) is 9.59 Å². The van der Waals surface area contributed by atoms with E-state index in [2.05, 4.69) is 26.2 Å². The molecule has 1 heterocycles. The van der Waals surface area contributed by atoms with E-state index in [1.54, 1.807) is 25.4 Å². The molecule has 0 spiro atoms. The SMILES string of the molecule is CCOc1c(Nc2cncc(Br)c2)c(=O)c1=O. The van der Waals surface area contributed by atoms with Crippen LogP contribution in [-0.4, -0.2) is 11.6 Å². The molecule has 0 saturated carbocycles. The van der Waals surface area contributed by atoms with Crippen molar-refractivity contribution in [2.75, 3.05) is 11.9 Å². The Morgan fingerprint density at radius 3 is 2.76 bits per heavy atom. The zero-order valence-corrected chi connectivity index (χ0v) is 10.6. The molecule has 0 amide bonds. The van der Waals surface area contributed by atoms with Gasteiger partial charge in [0.25, 0.3) is 10.9 Å². The molecule has 0 aliphatic rings. The van der Waals surface area contributed by atoms with Crippen LogP contribution in [0.1, 0.15) is 6.92 Å². The highest BCUT2D eigenvalue weighted by Gasteiger charge is 2.22. The number of anilines is 2. The van der Waals surface area contributed by atoms with Gasteiger partial charge in [0.2, 0.25) is 0 Å². The summed E-state index contributed by atoms with van der Waals surface area (Å²) < 4.78 is 5.87. The number of halogens is 1. The van der Waals surface area contributed by atoms with E-state index in [0.717, 1.165) is 4.47 Å². The number of nitrogens with zero attached hydrogens (tertiary/aromatic N) is 1.